The number of β-amino-alcohol motifs (C(OH)–C–C–N with tert-alkyl or cyclic N) is 1. The van der Waals surface area contributed by atoms with Crippen LogP contribution in [0.2, 0.25) is 0 Å². The molecule has 2 N–H and O–H groups in total. The van der Waals surface area contributed by atoms with Crippen molar-refractivity contribution in [2.45, 2.75) is 50.2 Å². The van der Waals surface area contributed by atoms with Crippen molar-refractivity contribution in [2.75, 3.05) is 6.54 Å². The fourth-order valence-electron chi connectivity index (χ4n) is 5.47. The number of benzene rings is 1. The third kappa shape index (κ3) is 2.80. The summed E-state index contributed by atoms with van der Waals surface area (Å²) in [5, 5.41) is 14.2. The van der Waals surface area contributed by atoms with Crippen LogP contribution in [0.25, 0.3) is 0 Å². The van der Waals surface area contributed by atoms with Crippen molar-refractivity contribution in [2.24, 2.45) is 17.8 Å². The number of hydrogen-bond acceptors (Lipinski definition) is 2. The average Bonchev–Trinajstić information content (AvgIpc) is 2.43. The SMILES string of the molecule is OC(CNC12CC3CC(CC(C3)C1)C2)c1cccc(Br)c1. The van der Waals surface area contributed by atoms with Crippen molar-refractivity contribution >= 4 is 15.9 Å². The van der Waals surface area contributed by atoms with Crippen molar-refractivity contribution in [3.8, 4) is 0 Å². The third-order valence-corrected chi connectivity index (χ3v) is 6.44. The summed E-state index contributed by atoms with van der Waals surface area (Å²) in [7, 11) is 0. The second-order valence-corrected chi connectivity index (χ2v) is 8.57. The van der Waals surface area contributed by atoms with E-state index in [1.807, 2.05) is 24.3 Å². The number of rotatable bonds is 4. The van der Waals surface area contributed by atoms with Gasteiger partial charge in [0.05, 0.1) is 6.10 Å². The Bertz CT molecular complexity index is 494. The molecule has 0 saturated heterocycles. The lowest BCUT2D eigenvalue weighted by Gasteiger charge is -2.57. The van der Waals surface area contributed by atoms with Gasteiger partial charge in [0.25, 0.3) is 0 Å². The maximum atomic E-state index is 10.5. The molecule has 2 nitrogen and oxygen atoms in total. The second-order valence-electron chi connectivity index (χ2n) is 7.65. The summed E-state index contributed by atoms with van der Waals surface area (Å²) in [5.41, 5.74) is 1.34. The first-order chi connectivity index (χ1) is 10.1. The van der Waals surface area contributed by atoms with Crippen LogP contribution >= 0.6 is 15.9 Å². The Balaban J connectivity index is 1.42. The molecule has 4 aliphatic carbocycles. The standard InChI is InChI=1S/C18H24BrNO/c19-16-3-1-2-15(7-16)17(21)11-20-18-8-12-4-13(9-18)6-14(5-12)10-18/h1-3,7,12-14,17,20-21H,4-6,8-11H2. The summed E-state index contributed by atoms with van der Waals surface area (Å²) in [4.78, 5) is 0. The normalized spacial score (nSPS) is 38.7. The number of hydrogen-bond donors (Lipinski definition) is 2. The molecule has 1 atom stereocenters. The Morgan fingerprint density at radius 3 is 2.33 bits per heavy atom. The van der Waals surface area contributed by atoms with Crippen LogP contribution in [0.15, 0.2) is 28.7 Å². The predicted octanol–water partition coefficient (Wildman–Crippen LogP) is 4.04. The molecule has 21 heavy (non-hydrogen) atoms. The minimum Gasteiger partial charge on any atom is -0.387 e. The lowest BCUT2D eigenvalue weighted by Crippen LogP contribution is -2.59. The topological polar surface area (TPSA) is 32.3 Å². The number of aliphatic hydroxyl groups excluding tert-OH is 1. The van der Waals surface area contributed by atoms with E-state index in [9.17, 15) is 5.11 Å². The van der Waals surface area contributed by atoms with E-state index >= 15 is 0 Å². The first-order valence-corrected chi connectivity index (χ1v) is 9.10. The minimum absolute atomic E-state index is 0.335. The largest absolute Gasteiger partial charge is 0.387 e. The monoisotopic (exact) mass is 349 g/mol. The summed E-state index contributed by atoms with van der Waals surface area (Å²) in [6.45, 7) is 0.683. The van der Waals surface area contributed by atoms with E-state index < -0.39 is 6.10 Å². The van der Waals surface area contributed by atoms with Crippen LogP contribution in [-0.4, -0.2) is 17.2 Å². The van der Waals surface area contributed by atoms with Gasteiger partial charge in [0, 0.05) is 16.6 Å². The molecule has 0 radical (unpaired) electrons. The van der Waals surface area contributed by atoms with Crippen LogP contribution in [-0.2, 0) is 0 Å². The van der Waals surface area contributed by atoms with E-state index in [1.54, 1.807) is 0 Å². The van der Waals surface area contributed by atoms with E-state index in [-0.39, 0.29) is 0 Å². The van der Waals surface area contributed by atoms with Crippen LogP contribution < -0.4 is 5.32 Å². The summed E-state index contributed by atoms with van der Waals surface area (Å²) >= 11 is 3.48. The lowest BCUT2D eigenvalue weighted by molar-refractivity contribution is -0.0248. The fraction of sp³-hybridized carbons (Fsp3) is 0.667. The van der Waals surface area contributed by atoms with Crippen molar-refractivity contribution in [1.29, 1.82) is 0 Å². The van der Waals surface area contributed by atoms with Crippen molar-refractivity contribution in [1.82, 2.24) is 5.32 Å². The van der Waals surface area contributed by atoms with E-state index in [4.69, 9.17) is 0 Å². The Morgan fingerprint density at radius 2 is 1.76 bits per heavy atom. The van der Waals surface area contributed by atoms with Crippen LogP contribution in [0.1, 0.15) is 50.2 Å². The molecule has 4 aliphatic rings. The van der Waals surface area contributed by atoms with Crippen LogP contribution in [0, 0.1) is 17.8 Å². The molecule has 0 aromatic heterocycles. The summed E-state index contributed by atoms with van der Waals surface area (Å²) in [5.74, 6) is 2.85. The van der Waals surface area contributed by atoms with Gasteiger partial charge in [0.15, 0.2) is 0 Å². The zero-order valence-electron chi connectivity index (χ0n) is 12.4. The Morgan fingerprint density at radius 1 is 1.14 bits per heavy atom. The van der Waals surface area contributed by atoms with Crippen LogP contribution in [0.5, 0.6) is 0 Å². The summed E-state index contributed by atoms with van der Waals surface area (Å²) in [6.07, 6.45) is 8.01. The molecule has 114 valence electrons. The average molecular weight is 350 g/mol. The van der Waals surface area contributed by atoms with Gasteiger partial charge in [-0.15, -0.1) is 0 Å². The highest BCUT2D eigenvalue weighted by Crippen LogP contribution is 2.55. The molecule has 4 bridgehead atoms. The van der Waals surface area contributed by atoms with Gasteiger partial charge in [-0.05, 0) is 74.0 Å². The Hall–Kier alpha value is -0.380. The molecule has 0 heterocycles. The lowest BCUT2D eigenvalue weighted by atomic mass is 9.53. The summed E-state index contributed by atoms with van der Waals surface area (Å²) in [6, 6.07) is 8.03. The van der Waals surface area contributed by atoms with Gasteiger partial charge >= 0.3 is 0 Å². The molecule has 0 aliphatic heterocycles. The Labute approximate surface area is 135 Å². The van der Waals surface area contributed by atoms with Gasteiger partial charge in [-0.3, -0.25) is 0 Å². The molecule has 0 spiro atoms. The number of aliphatic hydroxyl groups is 1. The maximum Gasteiger partial charge on any atom is 0.0914 e. The minimum atomic E-state index is -0.407. The molecule has 3 heteroatoms. The van der Waals surface area contributed by atoms with Crippen molar-refractivity contribution in [3.05, 3.63) is 34.3 Å². The third-order valence-electron chi connectivity index (χ3n) is 5.94. The zero-order valence-corrected chi connectivity index (χ0v) is 14.0. The van der Waals surface area contributed by atoms with Gasteiger partial charge in [-0.25, -0.2) is 0 Å². The van der Waals surface area contributed by atoms with E-state index in [0.717, 1.165) is 27.8 Å². The molecule has 5 rings (SSSR count). The Kier molecular flexibility index (Phi) is 3.63. The van der Waals surface area contributed by atoms with Gasteiger partial charge in [-0.1, -0.05) is 28.1 Å². The smallest absolute Gasteiger partial charge is 0.0914 e. The quantitative estimate of drug-likeness (QED) is 0.859. The first kappa shape index (κ1) is 14.2. The fourth-order valence-corrected chi connectivity index (χ4v) is 5.89. The molecular weight excluding hydrogens is 326 g/mol. The molecule has 1 aromatic carbocycles. The van der Waals surface area contributed by atoms with E-state index in [1.165, 1.54) is 38.5 Å². The van der Waals surface area contributed by atoms with Crippen LogP contribution in [0.3, 0.4) is 0 Å². The number of nitrogens with one attached hydrogen (secondary N) is 1. The maximum absolute atomic E-state index is 10.5. The van der Waals surface area contributed by atoms with Gasteiger partial charge < -0.3 is 10.4 Å². The number of halogens is 1. The summed E-state index contributed by atoms with van der Waals surface area (Å²) < 4.78 is 1.04. The highest BCUT2D eigenvalue weighted by Gasteiger charge is 2.50. The van der Waals surface area contributed by atoms with E-state index in [0.29, 0.717) is 12.1 Å². The second kappa shape index (κ2) is 5.36. The molecule has 4 saturated carbocycles. The predicted molar refractivity (Wildman–Crippen MR) is 88.0 cm³/mol. The van der Waals surface area contributed by atoms with E-state index in [2.05, 4.69) is 21.2 Å². The molecule has 4 fully saturated rings. The van der Waals surface area contributed by atoms with Crippen molar-refractivity contribution in [3.63, 3.8) is 0 Å². The molecular formula is C18H24BrNO. The zero-order chi connectivity index (χ0) is 14.4. The van der Waals surface area contributed by atoms with Crippen LogP contribution in [0.4, 0.5) is 0 Å². The first-order valence-electron chi connectivity index (χ1n) is 8.30. The highest BCUT2D eigenvalue weighted by atomic mass is 79.9. The van der Waals surface area contributed by atoms with Gasteiger partial charge in [-0.2, -0.15) is 0 Å². The van der Waals surface area contributed by atoms with Gasteiger partial charge in [0.2, 0.25) is 0 Å². The van der Waals surface area contributed by atoms with Gasteiger partial charge in [0.1, 0.15) is 0 Å². The molecule has 1 aromatic rings. The molecule has 1 unspecified atom stereocenters. The van der Waals surface area contributed by atoms with Crippen molar-refractivity contribution < 1.29 is 5.11 Å². The highest BCUT2D eigenvalue weighted by molar-refractivity contribution is 9.10. The molecule has 0 amide bonds.